The molecule has 0 bridgehead atoms. The lowest BCUT2D eigenvalue weighted by Crippen LogP contribution is -2.45. The van der Waals surface area contributed by atoms with Crippen LogP contribution >= 0.6 is 0 Å². The highest BCUT2D eigenvalue weighted by molar-refractivity contribution is 5.74. The molecule has 3 nitrogen and oxygen atoms in total. The summed E-state index contributed by atoms with van der Waals surface area (Å²) >= 11 is 0. The van der Waals surface area contributed by atoms with E-state index in [2.05, 4.69) is 17.0 Å². The van der Waals surface area contributed by atoms with Gasteiger partial charge in [-0.05, 0) is 29.5 Å². The monoisotopic (exact) mass is 281 g/mol. The van der Waals surface area contributed by atoms with E-state index in [0.717, 1.165) is 25.1 Å². The fourth-order valence-corrected chi connectivity index (χ4v) is 2.99. The highest BCUT2D eigenvalue weighted by atomic mass is 16.4. The largest absolute Gasteiger partial charge is 0.480 e. The molecule has 0 aliphatic carbocycles. The topological polar surface area (TPSA) is 40.5 Å². The van der Waals surface area contributed by atoms with E-state index in [0.29, 0.717) is 6.42 Å². The zero-order valence-electron chi connectivity index (χ0n) is 11.9. The summed E-state index contributed by atoms with van der Waals surface area (Å²) in [6, 6.07) is 17.7. The van der Waals surface area contributed by atoms with Gasteiger partial charge in [-0.15, -0.1) is 0 Å². The van der Waals surface area contributed by atoms with Crippen LogP contribution in [0.5, 0.6) is 0 Å². The quantitative estimate of drug-likeness (QED) is 0.937. The van der Waals surface area contributed by atoms with Gasteiger partial charge in [0.1, 0.15) is 6.04 Å². The van der Waals surface area contributed by atoms with Crippen LogP contribution in [0.3, 0.4) is 0 Å². The number of rotatable bonds is 4. The number of hydrogen-bond donors (Lipinski definition) is 1. The predicted molar refractivity (Wildman–Crippen MR) is 82.1 cm³/mol. The van der Waals surface area contributed by atoms with Crippen molar-refractivity contribution >= 4 is 5.97 Å². The third-order valence-corrected chi connectivity index (χ3v) is 4.16. The normalized spacial score (nSPS) is 16.2. The maximum absolute atomic E-state index is 11.7. The first-order chi connectivity index (χ1) is 10.2. The molecule has 0 fully saturated rings. The first kappa shape index (κ1) is 13.8. The van der Waals surface area contributed by atoms with E-state index in [1.54, 1.807) is 0 Å². The first-order valence-corrected chi connectivity index (χ1v) is 7.31. The molecule has 21 heavy (non-hydrogen) atoms. The number of nitrogens with zero attached hydrogens (tertiary/aromatic N) is 1. The third-order valence-electron chi connectivity index (χ3n) is 4.16. The molecular weight excluding hydrogens is 262 g/mol. The molecule has 3 heteroatoms. The van der Waals surface area contributed by atoms with Crippen LogP contribution in [0, 0.1) is 0 Å². The summed E-state index contributed by atoms with van der Waals surface area (Å²) in [5.41, 5.74) is 3.67. The Hall–Kier alpha value is -2.13. The van der Waals surface area contributed by atoms with Crippen LogP contribution in [0.15, 0.2) is 54.6 Å². The average molecular weight is 281 g/mol. The molecule has 0 saturated heterocycles. The summed E-state index contributed by atoms with van der Waals surface area (Å²) in [6.45, 7) is 1.53. The van der Waals surface area contributed by atoms with Crippen molar-refractivity contribution in [1.82, 2.24) is 4.90 Å². The minimum atomic E-state index is -0.738. The van der Waals surface area contributed by atoms with Crippen molar-refractivity contribution in [2.24, 2.45) is 0 Å². The third kappa shape index (κ3) is 3.14. The molecule has 0 radical (unpaired) electrons. The van der Waals surface area contributed by atoms with Gasteiger partial charge in [-0.3, -0.25) is 9.69 Å². The maximum atomic E-state index is 11.7. The summed E-state index contributed by atoms with van der Waals surface area (Å²) in [5, 5.41) is 9.59. The van der Waals surface area contributed by atoms with E-state index in [1.165, 1.54) is 11.1 Å². The van der Waals surface area contributed by atoms with E-state index in [1.807, 2.05) is 42.5 Å². The van der Waals surface area contributed by atoms with E-state index in [9.17, 15) is 9.90 Å². The highest BCUT2D eigenvalue weighted by Gasteiger charge is 2.28. The standard InChI is InChI=1S/C18H19NO2/c20-18(21)17(12-14-6-2-1-3-7-14)19-11-10-15-8-4-5-9-16(15)13-19/h1-9,17H,10-13H2,(H,20,21). The van der Waals surface area contributed by atoms with Gasteiger partial charge in [0.05, 0.1) is 0 Å². The molecule has 0 saturated carbocycles. The summed E-state index contributed by atoms with van der Waals surface area (Å²) < 4.78 is 0. The fourth-order valence-electron chi connectivity index (χ4n) is 2.99. The van der Waals surface area contributed by atoms with Crippen molar-refractivity contribution < 1.29 is 9.90 Å². The van der Waals surface area contributed by atoms with Gasteiger partial charge in [0, 0.05) is 13.1 Å². The summed E-state index contributed by atoms with van der Waals surface area (Å²) in [4.78, 5) is 13.8. The van der Waals surface area contributed by atoms with Crippen LogP contribution in [0.2, 0.25) is 0 Å². The number of carboxylic acids is 1. The summed E-state index contributed by atoms with van der Waals surface area (Å²) in [7, 11) is 0. The van der Waals surface area contributed by atoms with Crippen molar-refractivity contribution in [3.05, 3.63) is 71.3 Å². The molecule has 1 aliphatic heterocycles. The summed E-state index contributed by atoms with van der Waals surface area (Å²) in [6.07, 6.45) is 1.48. The van der Waals surface area contributed by atoms with Crippen molar-refractivity contribution in [2.45, 2.75) is 25.4 Å². The fraction of sp³-hybridized carbons (Fsp3) is 0.278. The average Bonchev–Trinajstić information content (AvgIpc) is 2.53. The van der Waals surface area contributed by atoms with Gasteiger partial charge < -0.3 is 5.11 Å². The second-order valence-electron chi connectivity index (χ2n) is 5.53. The number of fused-ring (bicyclic) bond motifs is 1. The molecule has 1 N–H and O–H groups in total. The zero-order chi connectivity index (χ0) is 14.7. The van der Waals surface area contributed by atoms with Crippen LogP contribution < -0.4 is 0 Å². The van der Waals surface area contributed by atoms with Crippen molar-refractivity contribution in [2.75, 3.05) is 6.54 Å². The molecule has 1 aliphatic rings. The molecule has 0 aromatic heterocycles. The molecule has 1 heterocycles. The van der Waals surface area contributed by atoms with Crippen LogP contribution in [0.1, 0.15) is 16.7 Å². The van der Waals surface area contributed by atoms with Gasteiger partial charge >= 0.3 is 5.97 Å². The van der Waals surface area contributed by atoms with Crippen molar-refractivity contribution in [3.8, 4) is 0 Å². The van der Waals surface area contributed by atoms with Crippen LogP contribution in [0.25, 0.3) is 0 Å². The minimum Gasteiger partial charge on any atom is -0.480 e. The number of carboxylic acid groups (broad SMARTS) is 1. The van der Waals surface area contributed by atoms with Crippen molar-refractivity contribution in [1.29, 1.82) is 0 Å². The van der Waals surface area contributed by atoms with E-state index < -0.39 is 12.0 Å². The molecule has 3 rings (SSSR count). The Bertz CT molecular complexity index is 624. The van der Waals surface area contributed by atoms with Gasteiger partial charge in [-0.25, -0.2) is 0 Å². The van der Waals surface area contributed by atoms with E-state index >= 15 is 0 Å². The number of hydrogen-bond acceptors (Lipinski definition) is 2. The maximum Gasteiger partial charge on any atom is 0.321 e. The molecule has 1 unspecified atom stereocenters. The van der Waals surface area contributed by atoms with E-state index in [4.69, 9.17) is 0 Å². The highest BCUT2D eigenvalue weighted by Crippen LogP contribution is 2.22. The van der Waals surface area contributed by atoms with Gasteiger partial charge in [0.25, 0.3) is 0 Å². The molecule has 108 valence electrons. The van der Waals surface area contributed by atoms with Crippen LogP contribution in [0.4, 0.5) is 0 Å². The lowest BCUT2D eigenvalue weighted by molar-refractivity contribution is -0.143. The lowest BCUT2D eigenvalue weighted by Gasteiger charge is -2.33. The Morgan fingerprint density at radius 2 is 1.71 bits per heavy atom. The number of benzene rings is 2. The predicted octanol–water partition coefficient (Wildman–Crippen LogP) is 2.74. The van der Waals surface area contributed by atoms with Crippen LogP contribution in [-0.4, -0.2) is 28.6 Å². The molecule has 2 aromatic rings. The van der Waals surface area contributed by atoms with Crippen LogP contribution in [-0.2, 0) is 24.2 Å². The Morgan fingerprint density at radius 3 is 2.43 bits per heavy atom. The molecule has 1 atom stereocenters. The van der Waals surface area contributed by atoms with Crippen molar-refractivity contribution in [3.63, 3.8) is 0 Å². The molecular formula is C18H19NO2. The Labute approximate surface area is 124 Å². The van der Waals surface area contributed by atoms with Gasteiger partial charge in [0.2, 0.25) is 0 Å². The smallest absolute Gasteiger partial charge is 0.321 e. The zero-order valence-corrected chi connectivity index (χ0v) is 11.9. The first-order valence-electron chi connectivity index (χ1n) is 7.31. The Balaban J connectivity index is 1.78. The Kier molecular flexibility index (Phi) is 4.02. The summed E-state index contributed by atoms with van der Waals surface area (Å²) in [5.74, 6) is -0.738. The minimum absolute atomic E-state index is 0.458. The molecule has 0 amide bonds. The van der Waals surface area contributed by atoms with Gasteiger partial charge in [0.15, 0.2) is 0 Å². The second kappa shape index (κ2) is 6.10. The number of aliphatic carboxylic acids is 1. The second-order valence-corrected chi connectivity index (χ2v) is 5.53. The molecule has 0 spiro atoms. The Morgan fingerprint density at radius 1 is 1.05 bits per heavy atom. The van der Waals surface area contributed by atoms with Gasteiger partial charge in [-0.2, -0.15) is 0 Å². The van der Waals surface area contributed by atoms with E-state index in [-0.39, 0.29) is 0 Å². The SMILES string of the molecule is O=C(O)C(Cc1ccccc1)N1CCc2ccccc2C1. The van der Waals surface area contributed by atoms with Gasteiger partial charge in [-0.1, -0.05) is 54.6 Å². The molecule has 2 aromatic carbocycles. The lowest BCUT2D eigenvalue weighted by atomic mass is 9.96. The number of carbonyl (C=O) groups is 1.